The molecule has 0 amide bonds. The molecule has 0 rings (SSSR count). The Morgan fingerprint density at radius 3 is 2.00 bits per heavy atom. The zero-order valence-corrected chi connectivity index (χ0v) is 2.74. The fourth-order valence-corrected chi connectivity index (χ4v) is 0. The standard InChI is InChI=1S/C2H3ClO/c3-1-2-4/h1-2,4H. The Bertz CT molecular complexity index is 21.2. The van der Waals surface area contributed by atoms with E-state index in [2.05, 4.69) is 0 Å². The molecule has 0 aromatic carbocycles. The normalized spacial score (nSPS) is 9.25. The third kappa shape index (κ3) is 1.83. The lowest BCUT2D eigenvalue weighted by Gasteiger charge is -1.51. The SMILES string of the molecule is OC=CCl. The first-order valence-corrected chi connectivity index (χ1v) is 1.25. The minimum absolute atomic E-state index is 0.765. The summed E-state index contributed by atoms with van der Waals surface area (Å²) in [4.78, 5) is 0. The monoisotopic (exact) mass is 78.0 g/mol. The van der Waals surface area contributed by atoms with Crippen LogP contribution in [0, 0.1) is 0 Å². The molecule has 0 spiro atoms. The number of aliphatic hydroxyl groups is 1. The molecule has 4 heavy (non-hydrogen) atoms. The van der Waals surface area contributed by atoms with Gasteiger partial charge in [0.05, 0.1) is 6.26 Å². The Balaban J connectivity index is 2.55. The maximum Gasteiger partial charge on any atom is 0.0904 e. The smallest absolute Gasteiger partial charge is 0.0904 e. The summed E-state index contributed by atoms with van der Waals surface area (Å²) < 4.78 is 0. The van der Waals surface area contributed by atoms with E-state index >= 15 is 0 Å². The Kier molecular flexibility index (Phi) is 2.71. The molecule has 0 heterocycles. The lowest BCUT2D eigenvalue weighted by atomic mass is 11.2. The van der Waals surface area contributed by atoms with Crippen LogP contribution in [0.1, 0.15) is 0 Å². The van der Waals surface area contributed by atoms with E-state index in [1.807, 2.05) is 0 Å². The molecule has 0 aliphatic rings. The lowest BCUT2D eigenvalue weighted by Crippen LogP contribution is -1.32. The fraction of sp³-hybridized carbons (Fsp3) is 0. The summed E-state index contributed by atoms with van der Waals surface area (Å²) >= 11 is 4.76. The molecule has 0 bridgehead atoms. The highest BCUT2D eigenvalue weighted by Gasteiger charge is 1.38. The highest BCUT2D eigenvalue weighted by Crippen LogP contribution is 1.67. The summed E-state index contributed by atoms with van der Waals surface area (Å²) in [5.74, 6) is 0. The van der Waals surface area contributed by atoms with Gasteiger partial charge in [-0.2, -0.15) is 0 Å². The molecule has 0 aliphatic carbocycles. The maximum absolute atomic E-state index is 7.56. The van der Waals surface area contributed by atoms with Gasteiger partial charge in [-0.15, -0.1) is 0 Å². The van der Waals surface area contributed by atoms with Crippen LogP contribution in [0.2, 0.25) is 0 Å². The molecule has 0 aromatic heterocycles. The van der Waals surface area contributed by atoms with Crippen LogP contribution >= 0.6 is 11.6 Å². The highest BCUT2D eigenvalue weighted by molar-refractivity contribution is 6.25. The molecule has 2 heteroatoms. The van der Waals surface area contributed by atoms with Crippen LogP contribution in [0.3, 0.4) is 0 Å². The van der Waals surface area contributed by atoms with Gasteiger partial charge in [0.1, 0.15) is 0 Å². The van der Waals surface area contributed by atoms with E-state index in [9.17, 15) is 0 Å². The lowest BCUT2D eigenvalue weighted by molar-refractivity contribution is 0.475. The Labute approximate surface area is 29.5 Å². The topological polar surface area (TPSA) is 20.2 Å². The van der Waals surface area contributed by atoms with Gasteiger partial charge >= 0.3 is 0 Å². The molecular formula is C2H3ClO. The van der Waals surface area contributed by atoms with Crippen LogP contribution in [0.25, 0.3) is 0 Å². The van der Waals surface area contributed by atoms with E-state index in [-0.39, 0.29) is 0 Å². The number of hydrogen-bond donors (Lipinski definition) is 1. The first-order valence-electron chi connectivity index (χ1n) is 0.810. The zero-order chi connectivity index (χ0) is 3.41. The largest absolute Gasteiger partial charge is 0.515 e. The van der Waals surface area contributed by atoms with Gasteiger partial charge in [-0.3, -0.25) is 0 Å². The van der Waals surface area contributed by atoms with Crippen LogP contribution in [0.15, 0.2) is 11.8 Å². The summed E-state index contributed by atoms with van der Waals surface area (Å²) in [6.07, 6.45) is 0.765. The van der Waals surface area contributed by atoms with Crippen LogP contribution in [-0.2, 0) is 0 Å². The molecule has 1 nitrogen and oxygen atoms in total. The average Bonchev–Trinajstić information content (AvgIpc) is 1.37. The number of halogens is 1. The van der Waals surface area contributed by atoms with Crippen molar-refractivity contribution in [2.75, 3.05) is 0 Å². The van der Waals surface area contributed by atoms with E-state index in [4.69, 9.17) is 16.7 Å². The van der Waals surface area contributed by atoms with Crippen molar-refractivity contribution in [3.8, 4) is 0 Å². The average molecular weight is 78.5 g/mol. The zero-order valence-electron chi connectivity index (χ0n) is 1.98. The van der Waals surface area contributed by atoms with Crippen LogP contribution in [0.5, 0.6) is 0 Å². The Morgan fingerprint density at radius 1 is 1.75 bits per heavy atom. The van der Waals surface area contributed by atoms with E-state index in [1.54, 1.807) is 0 Å². The van der Waals surface area contributed by atoms with Gasteiger partial charge < -0.3 is 5.11 Å². The van der Waals surface area contributed by atoms with Crippen LogP contribution < -0.4 is 0 Å². The highest BCUT2D eigenvalue weighted by atomic mass is 35.5. The van der Waals surface area contributed by atoms with Crippen molar-refractivity contribution in [3.05, 3.63) is 11.8 Å². The minimum Gasteiger partial charge on any atom is -0.515 e. The first kappa shape index (κ1) is 3.83. The molecule has 0 atom stereocenters. The van der Waals surface area contributed by atoms with E-state index in [0.29, 0.717) is 0 Å². The van der Waals surface area contributed by atoms with Crippen molar-refractivity contribution >= 4 is 11.6 Å². The molecular weight excluding hydrogens is 75.5 g/mol. The first-order chi connectivity index (χ1) is 1.91. The summed E-state index contributed by atoms with van der Waals surface area (Å²) in [6.45, 7) is 0. The fourth-order valence-electron chi connectivity index (χ4n) is 0. The molecule has 0 aromatic rings. The Hall–Kier alpha value is -0.170. The molecule has 0 fully saturated rings. The van der Waals surface area contributed by atoms with Crippen molar-refractivity contribution in [2.24, 2.45) is 0 Å². The summed E-state index contributed by atoms with van der Waals surface area (Å²) in [7, 11) is 0. The Morgan fingerprint density at radius 2 is 2.00 bits per heavy atom. The van der Waals surface area contributed by atoms with Crippen molar-refractivity contribution < 1.29 is 5.11 Å². The second-order valence-electron chi connectivity index (χ2n) is 0.275. The number of rotatable bonds is 0. The maximum atomic E-state index is 7.56. The molecule has 1 N–H and O–H groups in total. The van der Waals surface area contributed by atoms with Gasteiger partial charge in [-0.25, -0.2) is 0 Å². The quantitative estimate of drug-likeness (QED) is 0.433. The van der Waals surface area contributed by atoms with E-state index in [1.165, 1.54) is 0 Å². The molecule has 0 saturated carbocycles. The van der Waals surface area contributed by atoms with Gasteiger partial charge in [0.15, 0.2) is 0 Å². The predicted octanol–water partition coefficient (Wildman–Crippen LogP) is 1.25. The summed E-state index contributed by atoms with van der Waals surface area (Å²) in [6, 6.07) is 0. The van der Waals surface area contributed by atoms with E-state index < -0.39 is 0 Å². The summed E-state index contributed by atoms with van der Waals surface area (Å²) in [5, 5.41) is 7.56. The second-order valence-corrected chi connectivity index (χ2v) is 0.527. The van der Waals surface area contributed by atoms with Gasteiger partial charge in [0, 0.05) is 5.54 Å². The molecule has 0 aliphatic heterocycles. The van der Waals surface area contributed by atoms with Gasteiger partial charge in [0.2, 0.25) is 0 Å². The van der Waals surface area contributed by atoms with Gasteiger partial charge in [-0.05, 0) is 0 Å². The third-order valence-electron chi connectivity index (χ3n) is 0.0563. The van der Waals surface area contributed by atoms with Crippen molar-refractivity contribution in [1.29, 1.82) is 0 Å². The van der Waals surface area contributed by atoms with Crippen molar-refractivity contribution in [3.63, 3.8) is 0 Å². The van der Waals surface area contributed by atoms with Crippen molar-refractivity contribution in [1.82, 2.24) is 0 Å². The minimum atomic E-state index is 0.765. The second kappa shape index (κ2) is 2.83. The van der Waals surface area contributed by atoms with Gasteiger partial charge in [0.25, 0.3) is 0 Å². The van der Waals surface area contributed by atoms with Gasteiger partial charge in [-0.1, -0.05) is 11.6 Å². The molecule has 0 saturated heterocycles. The predicted molar refractivity (Wildman–Crippen MR) is 17.6 cm³/mol. The van der Waals surface area contributed by atoms with E-state index in [0.717, 1.165) is 11.8 Å². The van der Waals surface area contributed by atoms with Crippen molar-refractivity contribution in [2.45, 2.75) is 0 Å². The summed E-state index contributed by atoms with van der Waals surface area (Å²) in [5.41, 5.74) is 1.03. The van der Waals surface area contributed by atoms with Crippen LogP contribution in [0.4, 0.5) is 0 Å². The third-order valence-corrected chi connectivity index (χ3v) is 0.169. The van der Waals surface area contributed by atoms with Crippen LogP contribution in [-0.4, -0.2) is 5.11 Å². The number of hydrogen-bond acceptors (Lipinski definition) is 1. The number of aliphatic hydroxyl groups excluding tert-OH is 1. The molecule has 0 unspecified atom stereocenters. The molecule has 24 valence electrons. The molecule has 0 radical (unpaired) electrons.